The Bertz CT molecular complexity index is 778. The first-order valence-corrected chi connectivity index (χ1v) is 10.2. The molecule has 5 heteroatoms. The summed E-state index contributed by atoms with van der Waals surface area (Å²) in [5.74, 6) is 0.807. The van der Waals surface area contributed by atoms with Gasteiger partial charge >= 0.3 is 0 Å². The first-order chi connectivity index (χ1) is 13.4. The van der Waals surface area contributed by atoms with Crippen LogP contribution >= 0.6 is 11.6 Å². The molecular weight excluding hydrogens is 374 g/mol. The molecule has 3 rings (SSSR count). The Morgan fingerprint density at radius 1 is 1.11 bits per heavy atom. The molecule has 150 valence electrons. The molecule has 1 heterocycles. The lowest BCUT2D eigenvalue weighted by molar-refractivity contribution is 0.0358. The van der Waals surface area contributed by atoms with Crippen LogP contribution in [0.2, 0.25) is 5.02 Å². The Hall–Kier alpha value is -2.04. The fourth-order valence-corrected chi connectivity index (χ4v) is 3.87. The van der Waals surface area contributed by atoms with Crippen LogP contribution in [0.1, 0.15) is 42.6 Å². The summed E-state index contributed by atoms with van der Waals surface area (Å²) in [4.78, 5) is 14.7. The molecule has 2 aromatic carbocycles. The summed E-state index contributed by atoms with van der Waals surface area (Å²) >= 11 is 5.97. The second-order valence-electron chi connectivity index (χ2n) is 7.94. The molecule has 1 aliphatic heterocycles. The van der Waals surface area contributed by atoms with Crippen LogP contribution in [-0.2, 0) is 6.42 Å². The maximum atomic E-state index is 12.8. The van der Waals surface area contributed by atoms with Crippen LogP contribution in [0.4, 0.5) is 0 Å². The molecule has 0 aliphatic carbocycles. The van der Waals surface area contributed by atoms with Crippen LogP contribution < -0.4 is 4.74 Å². The molecule has 0 spiro atoms. The fourth-order valence-electron chi connectivity index (χ4n) is 3.74. The zero-order valence-electron chi connectivity index (χ0n) is 16.5. The minimum Gasteiger partial charge on any atom is -0.491 e. The second-order valence-corrected chi connectivity index (χ2v) is 8.38. The van der Waals surface area contributed by atoms with E-state index in [2.05, 4.69) is 0 Å². The van der Waals surface area contributed by atoms with Crippen molar-refractivity contribution in [2.24, 2.45) is 5.41 Å². The van der Waals surface area contributed by atoms with Crippen molar-refractivity contribution in [3.05, 3.63) is 64.7 Å². The monoisotopic (exact) mass is 401 g/mol. The molecule has 1 fully saturated rings. The number of ether oxygens (including phenoxy) is 1. The third kappa shape index (κ3) is 5.06. The fraction of sp³-hybridized carbons (Fsp3) is 0.435. The number of likely N-dealkylation sites (tertiary alicyclic amines) is 1. The Balaban J connectivity index is 1.61. The number of benzene rings is 2. The van der Waals surface area contributed by atoms with Gasteiger partial charge in [0, 0.05) is 35.7 Å². The summed E-state index contributed by atoms with van der Waals surface area (Å²) in [6.07, 6.45) is 2.47. The van der Waals surface area contributed by atoms with Crippen molar-refractivity contribution in [2.45, 2.75) is 39.2 Å². The normalized spacial score (nSPS) is 16.2. The van der Waals surface area contributed by atoms with Gasteiger partial charge in [-0.25, -0.2) is 0 Å². The number of halogens is 1. The van der Waals surface area contributed by atoms with Gasteiger partial charge in [-0.05, 0) is 75.1 Å². The number of aliphatic hydroxyl groups excluding tert-OH is 1. The third-order valence-corrected chi connectivity index (χ3v) is 5.66. The van der Waals surface area contributed by atoms with Crippen molar-refractivity contribution < 1.29 is 14.6 Å². The molecule has 0 radical (unpaired) electrons. The van der Waals surface area contributed by atoms with Gasteiger partial charge in [-0.15, -0.1) is 0 Å². The maximum absolute atomic E-state index is 12.8. The Morgan fingerprint density at radius 2 is 1.71 bits per heavy atom. The molecule has 0 aromatic heterocycles. The lowest BCUT2D eigenvalue weighted by Crippen LogP contribution is -2.45. The van der Waals surface area contributed by atoms with E-state index in [1.54, 1.807) is 0 Å². The van der Waals surface area contributed by atoms with Gasteiger partial charge in [0.25, 0.3) is 5.91 Å². The smallest absolute Gasteiger partial charge is 0.253 e. The number of carbonyl (C=O) groups excluding carboxylic acids is 1. The molecule has 0 saturated carbocycles. The van der Waals surface area contributed by atoms with Crippen LogP contribution in [0.25, 0.3) is 0 Å². The van der Waals surface area contributed by atoms with E-state index in [9.17, 15) is 9.90 Å². The molecule has 1 saturated heterocycles. The summed E-state index contributed by atoms with van der Waals surface area (Å²) < 4.78 is 5.64. The van der Waals surface area contributed by atoms with E-state index < -0.39 is 0 Å². The van der Waals surface area contributed by atoms with Gasteiger partial charge in [-0.2, -0.15) is 0 Å². The van der Waals surface area contributed by atoms with Crippen LogP contribution in [-0.4, -0.2) is 41.7 Å². The summed E-state index contributed by atoms with van der Waals surface area (Å²) in [6, 6.07) is 15.1. The van der Waals surface area contributed by atoms with Crippen molar-refractivity contribution in [1.82, 2.24) is 4.90 Å². The third-order valence-electron chi connectivity index (χ3n) is 5.41. The zero-order chi connectivity index (χ0) is 20.1. The van der Waals surface area contributed by atoms with E-state index in [4.69, 9.17) is 16.3 Å². The molecule has 0 bridgehead atoms. The highest BCUT2D eigenvalue weighted by atomic mass is 35.5. The first-order valence-electron chi connectivity index (χ1n) is 9.82. The number of amides is 1. The number of rotatable bonds is 6. The second kappa shape index (κ2) is 8.97. The quantitative estimate of drug-likeness (QED) is 0.770. The molecule has 1 N–H and O–H groups in total. The number of piperidine rings is 1. The number of aliphatic hydroxyl groups is 1. The molecule has 2 aromatic rings. The Labute approximate surface area is 172 Å². The van der Waals surface area contributed by atoms with Gasteiger partial charge in [0.05, 0.1) is 6.10 Å². The highest BCUT2D eigenvalue weighted by Crippen LogP contribution is 2.35. The highest BCUT2D eigenvalue weighted by molar-refractivity contribution is 6.30. The Morgan fingerprint density at radius 3 is 2.25 bits per heavy atom. The average molecular weight is 402 g/mol. The maximum Gasteiger partial charge on any atom is 0.253 e. The topological polar surface area (TPSA) is 49.8 Å². The summed E-state index contributed by atoms with van der Waals surface area (Å²) in [7, 11) is 0. The van der Waals surface area contributed by atoms with Crippen molar-refractivity contribution in [3.8, 4) is 5.75 Å². The summed E-state index contributed by atoms with van der Waals surface area (Å²) in [5.41, 5.74) is 1.66. The number of carbonyl (C=O) groups is 1. The van der Waals surface area contributed by atoms with Crippen molar-refractivity contribution in [2.75, 3.05) is 19.7 Å². The summed E-state index contributed by atoms with van der Waals surface area (Å²) in [6.45, 7) is 5.38. The van der Waals surface area contributed by atoms with Crippen LogP contribution in [0, 0.1) is 5.41 Å². The first kappa shape index (κ1) is 20.7. The van der Waals surface area contributed by atoms with Crippen LogP contribution in [0.3, 0.4) is 0 Å². The molecule has 1 aliphatic rings. The van der Waals surface area contributed by atoms with Gasteiger partial charge < -0.3 is 14.7 Å². The van der Waals surface area contributed by atoms with E-state index in [0.717, 1.165) is 25.0 Å². The van der Waals surface area contributed by atoms with E-state index in [-0.39, 0.29) is 24.0 Å². The van der Waals surface area contributed by atoms with E-state index >= 15 is 0 Å². The molecule has 28 heavy (non-hydrogen) atoms. The molecule has 0 unspecified atom stereocenters. The van der Waals surface area contributed by atoms with Crippen molar-refractivity contribution >= 4 is 17.5 Å². The van der Waals surface area contributed by atoms with Crippen molar-refractivity contribution in [3.63, 3.8) is 0 Å². The largest absolute Gasteiger partial charge is 0.491 e. The Kier molecular flexibility index (Phi) is 6.63. The van der Waals surface area contributed by atoms with Gasteiger partial charge in [0.2, 0.25) is 0 Å². The molecule has 1 amide bonds. The predicted octanol–water partition coefficient (Wildman–Crippen LogP) is 4.58. The van der Waals surface area contributed by atoms with E-state index in [1.807, 2.05) is 67.3 Å². The van der Waals surface area contributed by atoms with Gasteiger partial charge in [-0.1, -0.05) is 23.7 Å². The lowest BCUT2D eigenvalue weighted by Gasteiger charge is -2.41. The number of hydrogen-bond donors (Lipinski definition) is 1. The molecular formula is C23H28ClNO3. The summed E-state index contributed by atoms with van der Waals surface area (Å²) in [5, 5.41) is 10.8. The predicted molar refractivity (Wildman–Crippen MR) is 112 cm³/mol. The van der Waals surface area contributed by atoms with Crippen LogP contribution in [0.5, 0.6) is 5.75 Å². The highest BCUT2D eigenvalue weighted by Gasteiger charge is 2.35. The van der Waals surface area contributed by atoms with Gasteiger partial charge in [0.1, 0.15) is 5.75 Å². The minimum atomic E-state index is -0.181. The molecule has 0 atom stereocenters. The SMILES string of the molecule is CC(C)Oc1ccc(C(=O)N2CCC(CO)(Cc3ccc(Cl)cc3)CC2)cc1. The standard InChI is InChI=1S/C23H28ClNO3/c1-17(2)28-21-9-5-19(6-10-21)22(27)25-13-11-23(16-26,12-14-25)15-18-3-7-20(24)8-4-18/h3-10,17,26H,11-16H2,1-2H3. The average Bonchev–Trinajstić information content (AvgIpc) is 2.70. The zero-order valence-corrected chi connectivity index (χ0v) is 17.3. The van der Waals surface area contributed by atoms with Crippen molar-refractivity contribution in [1.29, 1.82) is 0 Å². The van der Waals surface area contributed by atoms with Gasteiger partial charge in [0.15, 0.2) is 0 Å². The number of nitrogens with zero attached hydrogens (tertiary/aromatic N) is 1. The lowest BCUT2D eigenvalue weighted by atomic mass is 9.74. The minimum absolute atomic E-state index is 0.0362. The molecule has 4 nitrogen and oxygen atoms in total. The van der Waals surface area contributed by atoms with E-state index in [1.165, 1.54) is 5.56 Å². The number of hydrogen-bond acceptors (Lipinski definition) is 3. The van der Waals surface area contributed by atoms with E-state index in [0.29, 0.717) is 23.7 Å². The van der Waals surface area contributed by atoms with Gasteiger partial charge in [-0.3, -0.25) is 4.79 Å². The van der Waals surface area contributed by atoms with Crippen LogP contribution in [0.15, 0.2) is 48.5 Å².